The van der Waals surface area contributed by atoms with Crippen LogP contribution in [0, 0.1) is 5.82 Å². The largest absolute Gasteiger partial charge is 0.370 e. The average molecular weight is 365 g/mol. The summed E-state index contributed by atoms with van der Waals surface area (Å²) >= 11 is 0. The number of hydrogen-bond donors (Lipinski definition) is 1. The first-order valence-electron chi connectivity index (χ1n) is 8.94. The van der Waals surface area contributed by atoms with E-state index in [0.29, 0.717) is 25.3 Å². The lowest BCUT2D eigenvalue weighted by Gasteiger charge is -2.22. The number of benzene rings is 2. The molecule has 3 aromatic rings. The van der Waals surface area contributed by atoms with E-state index in [1.165, 1.54) is 23.8 Å². The number of nitrogens with one attached hydrogen (secondary N) is 1. The van der Waals surface area contributed by atoms with Gasteiger partial charge >= 0.3 is 0 Å². The van der Waals surface area contributed by atoms with Gasteiger partial charge in [0, 0.05) is 18.3 Å². The molecule has 1 aromatic heterocycles. The van der Waals surface area contributed by atoms with Gasteiger partial charge < -0.3 is 10.1 Å². The smallest absolute Gasteiger partial charge is 0.251 e. The zero-order valence-corrected chi connectivity index (χ0v) is 14.8. The van der Waals surface area contributed by atoms with E-state index in [1.54, 1.807) is 6.07 Å². The lowest BCUT2D eigenvalue weighted by molar-refractivity contribution is 0.0383. The third-order valence-corrected chi connectivity index (χ3v) is 4.59. The Morgan fingerprint density at radius 2 is 2.07 bits per heavy atom. The maximum atomic E-state index is 13.3. The number of nitrogens with zero attached hydrogens (tertiary/aromatic N) is 2. The van der Waals surface area contributed by atoms with E-state index >= 15 is 0 Å². The molecule has 6 heteroatoms. The molecule has 0 saturated carbocycles. The molecule has 0 saturated heterocycles. The molecule has 27 heavy (non-hydrogen) atoms. The SMILES string of the molecule is O=C(NC[C@@H]1OCCc2cn(Cc3ccccc3)nc21)c1cccc(F)c1. The molecule has 0 fully saturated rings. The van der Waals surface area contributed by atoms with Crippen LogP contribution in [0.1, 0.15) is 33.3 Å². The van der Waals surface area contributed by atoms with Crippen LogP contribution in [0.25, 0.3) is 0 Å². The Morgan fingerprint density at radius 1 is 1.22 bits per heavy atom. The number of rotatable bonds is 5. The Morgan fingerprint density at radius 3 is 2.89 bits per heavy atom. The zero-order valence-electron chi connectivity index (χ0n) is 14.8. The van der Waals surface area contributed by atoms with Gasteiger partial charge in [0.2, 0.25) is 0 Å². The quantitative estimate of drug-likeness (QED) is 0.756. The van der Waals surface area contributed by atoms with Gasteiger partial charge in [0.25, 0.3) is 5.91 Å². The van der Waals surface area contributed by atoms with E-state index in [-0.39, 0.29) is 12.0 Å². The van der Waals surface area contributed by atoms with Crippen LogP contribution in [0.2, 0.25) is 0 Å². The molecule has 1 atom stereocenters. The van der Waals surface area contributed by atoms with E-state index in [4.69, 9.17) is 4.74 Å². The number of halogens is 1. The number of hydrogen-bond acceptors (Lipinski definition) is 3. The van der Waals surface area contributed by atoms with E-state index < -0.39 is 5.82 Å². The van der Waals surface area contributed by atoms with Crippen molar-refractivity contribution in [3.63, 3.8) is 0 Å². The lowest BCUT2D eigenvalue weighted by Crippen LogP contribution is -2.32. The van der Waals surface area contributed by atoms with Crippen LogP contribution in [-0.4, -0.2) is 28.8 Å². The van der Waals surface area contributed by atoms with Crippen LogP contribution in [0.4, 0.5) is 4.39 Å². The summed E-state index contributed by atoms with van der Waals surface area (Å²) in [6.07, 6.45) is 2.55. The Kier molecular flexibility index (Phi) is 4.98. The fourth-order valence-corrected chi connectivity index (χ4v) is 3.26. The fraction of sp³-hybridized carbons (Fsp3) is 0.238. The van der Waals surface area contributed by atoms with Crippen LogP contribution in [-0.2, 0) is 17.7 Å². The molecule has 5 nitrogen and oxygen atoms in total. The standard InChI is InChI=1S/C21H20FN3O2/c22-18-8-4-7-16(11-18)21(26)23-12-19-20-17(9-10-27-19)14-25(24-20)13-15-5-2-1-3-6-15/h1-8,11,14,19H,9-10,12-13H2,(H,23,26)/t19-/m0/s1. The maximum Gasteiger partial charge on any atom is 0.251 e. The summed E-state index contributed by atoms with van der Waals surface area (Å²) < 4.78 is 21.0. The molecule has 0 bridgehead atoms. The number of amides is 1. The summed E-state index contributed by atoms with van der Waals surface area (Å²) in [6.45, 7) is 1.57. The normalized spacial score (nSPS) is 16.0. The Balaban J connectivity index is 1.44. The van der Waals surface area contributed by atoms with Crippen molar-refractivity contribution in [3.8, 4) is 0 Å². The lowest BCUT2D eigenvalue weighted by atomic mass is 10.1. The predicted molar refractivity (Wildman–Crippen MR) is 98.9 cm³/mol. The molecule has 2 aromatic carbocycles. The van der Waals surface area contributed by atoms with Crippen molar-refractivity contribution in [1.29, 1.82) is 0 Å². The molecule has 1 N–H and O–H groups in total. The molecule has 2 heterocycles. The van der Waals surface area contributed by atoms with Crippen molar-refractivity contribution >= 4 is 5.91 Å². The molecular formula is C21H20FN3O2. The topological polar surface area (TPSA) is 56.1 Å². The van der Waals surface area contributed by atoms with Gasteiger partial charge in [-0.3, -0.25) is 9.48 Å². The number of carbonyl (C=O) groups excluding carboxylic acids is 1. The van der Waals surface area contributed by atoms with Gasteiger partial charge in [-0.05, 0) is 35.7 Å². The summed E-state index contributed by atoms with van der Waals surface area (Å²) in [5.74, 6) is -0.757. The first kappa shape index (κ1) is 17.4. The summed E-state index contributed by atoms with van der Waals surface area (Å²) in [6, 6.07) is 15.8. The van der Waals surface area contributed by atoms with Gasteiger partial charge in [-0.25, -0.2) is 4.39 Å². The van der Waals surface area contributed by atoms with Crippen molar-refractivity contribution in [2.45, 2.75) is 19.1 Å². The third kappa shape index (κ3) is 4.06. The van der Waals surface area contributed by atoms with Crippen molar-refractivity contribution in [1.82, 2.24) is 15.1 Å². The highest BCUT2D eigenvalue weighted by Gasteiger charge is 2.25. The first-order valence-corrected chi connectivity index (χ1v) is 8.94. The minimum absolute atomic E-state index is 0.292. The summed E-state index contributed by atoms with van der Waals surface area (Å²) in [7, 11) is 0. The highest BCUT2D eigenvalue weighted by atomic mass is 19.1. The van der Waals surface area contributed by atoms with E-state index in [0.717, 1.165) is 17.7 Å². The molecule has 1 aliphatic heterocycles. The second-order valence-corrected chi connectivity index (χ2v) is 6.55. The maximum absolute atomic E-state index is 13.3. The molecule has 0 unspecified atom stereocenters. The van der Waals surface area contributed by atoms with Crippen molar-refractivity contribution in [3.05, 3.63) is 89.0 Å². The minimum Gasteiger partial charge on any atom is -0.370 e. The molecular weight excluding hydrogens is 345 g/mol. The van der Waals surface area contributed by atoms with E-state index in [2.05, 4.69) is 22.5 Å². The van der Waals surface area contributed by atoms with Gasteiger partial charge in [-0.2, -0.15) is 5.10 Å². The van der Waals surface area contributed by atoms with Crippen molar-refractivity contribution in [2.75, 3.05) is 13.2 Å². The van der Waals surface area contributed by atoms with Gasteiger partial charge in [-0.15, -0.1) is 0 Å². The molecule has 138 valence electrons. The Hall–Kier alpha value is -2.99. The third-order valence-electron chi connectivity index (χ3n) is 4.59. The highest BCUT2D eigenvalue weighted by Crippen LogP contribution is 2.25. The Bertz CT molecular complexity index is 940. The van der Waals surface area contributed by atoms with E-state index in [9.17, 15) is 9.18 Å². The summed E-state index contributed by atoms with van der Waals surface area (Å²) in [4.78, 5) is 12.2. The van der Waals surface area contributed by atoms with Crippen molar-refractivity contribution in [2.24, 2.45) is 0 Å². The number of ether oxygens (including phenoxy) is 1. The predicted octanol–water partition coefficient (Wildman–Crippen LogP) is 3.11. The number of aromatic nitrogens is 2. The second-order valence-electron chi connectivity index (χ2n) is 6.55. The highest BCUT2D eigenvalue weighted by molar-refractivity contribution is 5.94. The molecule has 0 radical (unpaired) electrons. The van der Waals surface area contributed by atoms with Crippen LogP contribution in [0.5, 0.6) is 0 Å². The molecule has 4 rings (SSSR count). The van der Waals surface area contributed by atoms with Gasteiger partial charge in [0.1, 0.15) is 11.9 Å². The molecule has 1 amide bonds. The zero-order chi connectivity index (χ0) is 18.6. The Labute approximate surface area is 156 Å². The average Bonchev–Trinajstić information content (AvgIpc) is 3.10. The fourth-order valence-electron chi connectivity index (χ4n) is 3.26. The monoisotopic (exact) mass is 365 g/mol. The van der Waals surface area contributed by atoms with Crippen LogP contribution < -0.4 is 5.32 Å². The number of fused-ring (bicyclic) bond motifs is 1. The molecule has 0 aliphatic carbocycles. The second kappa shape index (κ2) is 7.72. The summed E-state index contributed by atoms with van der Waals surface area (Å²) in [5.41, 5.74) is 3.47. The minimum atomic E-state index is -0.432. The van der Waals surface area contributed by atoms with Crippen LogP contribution in [0.15, 0.2) is 60.8 Å². The van der Waals surface area contributed by atoms with Gasteiger partial charge in [-0.1, -0.05) is 36.4 Å². The molecule has 1 aliphatic rings. The molecule has 0 spiro atoms. The van der Waals surface area contributed by atoms with E-state index in [1.807, 2.05) is 29.1 Å². The first-order chi connectivity index (χ1) is 13.2. The van der Waals surface area contributed by atoms with Gasteiger partial charge in [0.05, 0.1) is 18.8 Å². The van der Waals surface area contributed by atoms with Gasteiger partial charge in [0.15, 0.2) is 0 Å². The van der Waals surface area contributed by atoms with Crippen LogP contribution in [0.3, 0.4) is 0 Å². The van der Waals surface area contributed by atoms with Crippen LogP contribution >= 0.6 is 0 Å². The summed E-state index contributed by atoms with van der Waals surface area (Å²) in [5, 5.41) is 7.49. The number of carbonyl (C=O) groups is 1. The van der Waals surface area contributed by atoms with Crippen molar-refractivity contribution < 1.29 is 13.9 Å².